The van der Waals surface area contributed by atoms with Crippen LogP contribution in [-0.4, -0.2) is 74.1 Å². The van der Waals surface area contributed by atoms with Crippen molar-refractivity contribution in [2.75, 3.05) is 35.2 Å². The van der Waals surface area contributed by atoms with Crippen molar-refractivity contribution in [1.29, 1.82) is 0 Å². The Kier molecular flexibility index (Phi) is 9.83. The van der Waals surface area contributed by atoms with E-state index in [1.54, 1.807) is 39.0 Å². The Morgan fingerprint density at radius 2 is 1.75 bits per heavy atom. The monoisotopic (exact) mass is 763 g/mol. The van der Waals surface area contributed by atoms with Gasteiger partial charge in [-0.3, -0.25) is 0 Å². The number of halogens is 3. The summed E-state index contributed by atoms with van der Waals surface area (Å²) in [5.41, 5.74) is -0.201. The van der Waals surface area contributed by atoms with Gasteiger partial charge < -0.3 is 39.1 Å². The molecule has 1 saturated carbocycles. The highest BCUT2D eigenvalue weighted by atomic mass is 19.4. The second-order valence-electron chi connectivity index (χ2n) is 14.5. The van der Waals surface area contributed by atoms with E-state index in [1.165, 1.54) is 24.7 Å². The van der Waals surface area contributed by atoms with Crippen LogP contribution in [0.5, 0.6) is 5.75 Å². The Balaban J connectivity index is 1.18. The molecule has 0 unspecified atom stereocenters. The third-order valence-corrected chi connectivity index (χ3v) is 9.48. The smallest absolute Gasteiger partial charge is 0.425 e. The summed E-state index contributed by atoms with van der Waals surface area (Å²) in [6, 6.07) is 7.56. The molecule has 2 aromatic carbocycles. The highest BCUT2D eigenvalue weighted by Gasteiger charge is 2.37. The van der Waals surface area contributed by atoms with Gasteiger partial charge >= 0.3 is 24.4 Å². The number of amides is 4. The number of alkyl halides is 3. The predicted octanol–water partition coefficient (Wildman–Crippen LogP) is 9.12. The van der Waals surface area contributed by atoms with Crippen molar-refractivity contribution in [3.63, 3.8) is 0 Å². The van der Waals surface area contributed by atoms with Gasteiger partial charge in [0.05, 0.1) is 22.9 Å². The first-order chi connectivity index (χ1) is 26.1. The maximum Gasteiger partial charge on any atom is 0.425 e. The molecule has 1 saturated heterocycles. The average Bonchev–Trinajstić information content (AvgIpc) is 3.69. The highest BCUT2D eigenvalue weighted by Crippen LogP contribution is 2.46. The summed E-state index contributed by atoms with van der Waals surface area (Å²) in [4.78, 5) is 50.3. The van der Waals surface area contributed by atoms with Gasteiger partial charge in [-0.25, -0.2) is 24.4 Å². The molecule has 0 atom stereocenters. The minimum Gasteiger partial charge on any atom is -0.490 e. The first kappa shape index (κ1) is 37.5. The Labute approximate surface area is 313 Å². The van der Waals surface area contributed by atoms with E-state index in [1.807, 2.05) is 17.7 Å². The summed E-state index contributed by atoms with van der Waals surface area (Å²) in [7, 11) is 0. The van der Waals surface area contributed by atoms with Gasteiger partial charge in [0.25, 0.3) is 0 Å². The van der Waals surface area contributed by atoms with Crippen molar-refractivity contribution in [3.05, 3.63) is 60.7 Å². The molecule has 4 amide bonds. The Morgan fingerprint density at radius 1 is 1.00 bits per heavy atom. The van der Waals surface area contributed by atoms with Crippen LogP contribution in [0, 0.1) is 0 Å². The fourth-order valence-electron chi connectivity index (χ4n) is 6.77. The van der Waals surface area contributed by atoms with Gasteiger partial charge in [-0.1, -0.05) is 13.0 Å². The summed E-state index contributed by atoms with van der Waals surface area (Å²) < 4.78 is 61.4. The number of nitrogens with one attached hydrogen (secondary N) is 2. The Hall–Kier alpha value is -5.84. The number of nitrogens with zero attached hydrogens (tertiary/aromatic N) is 5. The number of piperidine rings is 1. The predicted molar refractivity (Wildman–Crippen MR) is 198 cm³/mol. The van der Waals surface area contributed by atoms with Crippen molar-refractivity contribution >= 4 is 57.4 Å². The topological polar surface area (TPSA) is 164 Å². The zero-order valence-corrected chi connectivity index (χ0v) is 30.6. The summed E-state index contributed by atoms with van der Waals surface area (Å²) >= 11 is 0. The van der Waals surface area contributed by atoms with Gasteiger partial charge in [0.2, 0.25) is 0 Å². The van der Waals surface area contributed by atoms with Gasteiger partial charge in [0, 0.05) is 42.0 Å². The van der Waals surface area contributed by atoms with Crippen LogP contribution in [0.3, 0.4) is 0 Å². The zero-order valence-electron chi connectivity index (χ0n) is 30.6. The summed E-state index contributed by atoms with van der Waals surface area (Å²) in [5, 5.41) is 16.1. The van der Waals surface area contributed by atoms with E-state index in [0.29, 0.717) is 39.9 Å². The fourth-order valence-corrected chi connectivity index (χ4v) is 6.77. The third kappa shape index (κ3) is 7.87. The van der Waals surface area contributed by atoms with Crippen molar-refractivity contribution in [2.45, 2.75) is 77.3 Å². The summed E-state index contributed by atoms with van der Waals surface area (Å²) in [6.45, 7) is 9.22. The number of carboxylic acid groups (broad SMARTS) is 1. The number of rotatable bonds is 8. The van der Waals surface area contributed by atoms with Crippen LogP contribution in [0.1, 0.15) is 65.0 Å². The molecule has 0 radical (unpaired) electrons. The number of carbonyl (C=O) groups excluding carboxylic acids is 2. The lowest BCUT2D eigenvalue weighted by Gasteiger charge is -2.31. The quantitative estimate of drug-likeness (QED) is 0.139. The molecule has 3 N–H and O–H groups in total. The molecule has 7 rings (SSSR count). The molecular weight excluding hydrogens is 723 g/mol. The van der Waals surface area contributed by atoms with E-state index >= 15 is 0 Å². The van der Waals surface area contributed by atoms with Crippen LogP contribution < -0.4 is 20.3 Å². The number of ether oxygens (including phenoxy) is 2. The van der Waals surface area contributed by atoms with Crippen molar-refractivity contribution in [1.82, 2.24) is 19.4 Å². The number of benzene rings is 2. The number of anilines is 3. The number of urea groups is 1. The zero-order chi connectivity index (χ0) is 39.2. The molecular formula is C38H40F3N7O7. The first-order valence-electron chi connectivity index (χ1n) is 17.9. The molecule has 1 aliphatic carbocycles. The van der Waals surface area contributed by atoms with Crippen molar-refractivity contribution < 1.29 is 46.6 Å². The van der Waals surface area contributed by atoms with Crippen LogP contribution in [0.4, 0.5) is 44.7 Å². The highest BCUT2D eigenvalue weighted by molar-refractivity contribution is 6.17. The molecule has 4 heterocycles. The number of aromatic nitrogens is 3. The molecule has 55 heavy (non-hydrogen) atoms. The van der Waals surface area contributed by atoms with E-state index in [9.17, 15) is 32.7 Å². The van der Waals surface area contributed by atoms with Crippen LogP contribution in [0.25, 0.3) is 33.1 Å². The molecule has 14 nitrogen and oxygen atoms in total. The second kappa shape index (κ2) is 14.4. The normalized spacial score (nSPS) is 15.6. The Morgan fingerprint density at radius 3 is 2.40 bits per heavy atom. The molecule has 17 heteroatoms. The first-order valence-corrected chi connectivity index (χ1v) is 17.9. The van der Waals surface area contributed by atoms with Crippen LogP contribution in [-0.2, 0) is 10.9 Å². The maximum absolute atomic E-state index is 14.2. The number of fused-ring (bicyclic) bond motifs is 2. The number of imide groups is 1. The molecule has 2 aliphatic rings. The van der Waals surface area contributed by atoms with Crippen molar-refractivity contribution in [3.8, 4) is 16.9 Å². The van der Waals surface area contributed by atoms with E-state index in [-0.39, 0.29) is 46.1 Å². The largest absolute Gasteiger partial charge is 0.490 e. The minimum absolute atomic E-state index is 0.0979. The molecule has 0 spiro atoms. The lowest BCUT2D eigenvalue weighted by atomic mass is 10.0. The van der Waals surface area contributed by atoms with Gasteiger partial charge in [0.15, 0.2) is 11.4 Å². The van der Waals surface area contributed by atoms with E-state index in [4.69, 9.17) is 13.9 Å². The standard InChI is InChI=1S/C38H40F3N7O7/c1-5-46-15-12-23(13-16-46)54-29-11-6-21(18-27(29)38(39,40)41)44-34(49)45-28-10-9-24(25-14-17-53-31(25)28)26-19-47(22-7-8-22)32-30(26)33(43-20-42-32)48(35(50)51)36(52)55-37(2,3)4/h6,9-11,14,17-20,22-23H,5,7-8,12-13,15-16H2,1-4H3,(H,50,51)(H2,44,45,49). The molecule has 5 aromatic rings. The summed E-state index contributed by atoms with van der Waals surface area (Å²) in [6.07, 6.45) is -0.455. The second-order valence-corrected chi connectivity index (χ2v) is 14.5. The molecule has 1 aliphatic heterocycles. The van der Waals surface area contributed by atoms with Gasteiger partial charge in [-0.2, -0.15) is 18.1 Å². The summed E-state index contributed by atoms with van der Waals surface area (Å²) in [5.74, 6) is -0.494. The van der Waals surface area contributed by atoms with Crippen molar-refractivity contribution in [2.24, 2.45) is 0 Å². The molecule has 2 fully saturated rings. The van der Waals surface area contributed by atoms with Crippen LogP contribution in [0.15, 0.2) is 59.6 Å². The average molecular weight is 764 g/mol. The van der Waals surface area contributed by atoms with Crippen LogP contribution >= 0.6 is 0 Å². The van der Waals surface area contributed by atoms with E-state index in [2.05, 4.69) is 25.5 Å². The maximum atomic E-state index is 14.2. The van der Waals surface area contributed by atoms with E-state index < -0.39 is 35.6 Å². The number of hydrogen-bond acceptors (Lipinski definition) is 9. The SMILES string of the molecule is CCN1CCC(Oc2ccc(NC(=O)Nc3ccc(-c4cn(C5CC5)c5ncnc(N(C(=O)O)C(=O)OC(C)(C)C)c45)c4ccoc34)cc2C(F)(F)F)CC1. The Bertz CT molecular complexity index is 2270. The van der Waals surface area contributed by atoms with E-state index in [0.717, 1.165) is 38.5 Å². The number of hydrogen-bond donors (Lipinski definition) is 3. The van der Waals surface area contributed by atoms with Gasteiger partial charge in [-0.05, 0) is 88.9 Å². The lowest BCUT2D eigenvalue weighted by molar-refractivity contribution is -0.139. The molecule has 3 aromatic heterocycles. The number of carbonyl (C=O) groups is 3. The number of likely N-dealkylation sites (tertiary alicyclic amines) is 1. The van der Waals surface area contributed by atoms with Gasteiger partial charge in [0.1, 0.15) is 29.4 Å². The number of furan rings is 1. The van der Waals surface area contributed by atoms with Gasteiger partial charge in [-0.15, -0.1) is 0 Å². The molecule has 0 bridgehead atoms. The van der Waals surface area contributed by atoms with Crippen LogP contribution in [0.2, 0.25) is 0 Å². The fraction of sp³-hybridized carbons (Fsp3) is 0.395. The lowest BCUT2D eigenvalue weighted by Crippen LogP contribution is -2.40. The minimum atomic E-state index is -4.73. The third-order valence-electron chi connectivity index (χ3n) is 9.48. The molecule has 290 valence electrons.